The Kier molecular flexibility index (Phi) is 5.92. The molecule has 20 heavy (non-hydrogen) atoms. The Morgan fingerprint density at radius 2 is 2.25 bits per heavy atom. The van der Waals surface area contributed by atoms with Crippen LogP contribution in [0.5, 0.6) is 0 Å². The Hall–Kier alpha value is -1.17. The van der Waals surface area contributed by atoms with Crippen LogP contribution >= 0.6 is 12.4 Å². The molecular formula is C14H20ClFN2O2. The van der Waals surface area contributed by atoms with E-state index >= 15 is 0 Å². The number of halogens is 2. The number of amides is 1. The van der Waals surface area contributed by atoms with Crippen molar-refractivity contribution in [2.24, 2.45) is 5.73 Å². The summed E-state index contributed by atoms with van der Waals surface area (Å²) >= 11 is 0. The molecule has 2 unspecified atom stereocenters. The zero-order chi connectivity index (χ0) is 14.0. The fourth-order valence-electron chi connectivity index (χ4n) is 2.21. The van der Waals surface area contributed by atoms with Gasteiger partial charge >= 0.3 is 0 Å². The number of morpholine rings is 1. The van der Waals surface area contributed by atoms with Gasteiger partial charge in [0.2, 0.25) is 5.91 Å². The summed E-state index contributed by atoms with van der Waals surface area (Å²) in [6.07, 6.45) is -0.212. The van der Waals surface area contributed by atoms with Gasteiger partial charge in [-0.3, -0.25) is 4.79 Å². The molecule has 1 aromatic carbocycles. The number of rotatable bonds is 2. The molecule has 1 heterocycles. The Morgan fingerprint density at radius 3 is 2.85 bits per heavy atom. The second-order valence-electron chi connectivity index (χ2n) is 4.94. The standard InChI is InChI=1S/C14H19FN2O2.ClH/c1-9-7-11(3-4-12(9)15)13-8-17(5-6-19-13)14(18)10(2)16;/h3-4,7,10,13H,5-6,8,16H2,1-2H3;1H. The Labute approximate surface area is 124 Å². The lowest BCUT2D eigenvalue weighted by Gasteiger charge is -2.34. The van der Waals surface area contributed by atoms with Crippen molar-refractivity contribution in [3.63, 3.8) is 0 Å². The molecule has 1 aliphatic heterocycles. The van der Waals surface area contributed by atoms with Crippen LogP contribution in [0.25, 0.3) is 0 Å². The van der Waals surface area contributed by atoms with Gasteiger partial charge in [0.15, 0.2) is 0 Å². The third-order valence-electron chi connectivity index (χ3n) is 3.32. The maximum atomic E-state index is 13.3. The second kappa shape index (κ2) is 7.02. The quantitative estimate of drug-likeness (QED) is 0.906. The summed E-state index contributed by atoms with van der Waals surface area (Å²) in [6.45, 7) is 4.88. The van der Waals surface area contributed by atoms with Gasteiger partial charge in [-0.05, 0) is 31.0 Å². The summed E-state index contributed by atoms with van der Waals surface area (Å²) in [7, 11) is 0. The first-order valence-electron chi connectivity index (χ1n) is 6.41. The number of benzene rings is 1. The molecule has 0 aliphatic carbocycles. The number of hydrogen-bond acceptors (Lipinski definition) is 3. The largest absolute Gasteiger partial charge is 0.370 e. The minimum Gasteiger partial charge on any atom is -0.370 e. The van der Waals surface area contributed by atoms with Crippen molar-refractivity contribution in [1.29, 1.82) is 0 Å². The van der Waals surface area contributed by atoms with Gasteiger partial charge in [-0.2, -0.15) is 0 Å². The SMILES string of the molecule is Cc1cc(C2CN(C(=O)C(C)N)CCO2)ccc1F.Cl. The van der Waals surface area contributed by atoms with Crippen molar-refractivity contribution in [3.05, 3.63) is 35.1 Å². The van der Waals surface area contributed by atoms with Gasteiger partial charge in [0.1, 0.15) is 11.9 Å². The van der Waals surface area contributed by atoms with E-state index in [1.54, 1.807) is 30.9 Å². The van der Waals surface area contributed by atoms with Crippen molar-refractivity contribution in [1.82, 2.24) is 4.90 Å². The van der Waals surface area contributed by atoms with Crippen LogP contribution in [0.1, 0.15) is 24.2 Å². The zero-order valence-electron chi connectivity index (χ0n) is 11.6. The van der Waals surface area contributed by atoms with E-state index in [9.17, 15) is 9.18 Å². The molecule has 1 fully saturated rings. The summed E-state index contributed by atoms with van der Waals surface area (Å²) in [4.78, 5) is 13.6. The molecule has 0 radical (unpaired) electrons. The van der Waals surface area contributed by atoms with Crippen LogP contribution in [0.2, 0.25) is 0 Å². The van der Waals surface area contributed by atoms with Crippen molar-refractivity contribution < 1.29 is 13.9 Å². The van der Waals surface area contributed by atoms with E-state index in [-0.39, 0.29) is 30.2 Å². The van der Waals surface area contributed by atoms with Crippen molar-refractivity contribution in [2.75, 3.05) is 19.7 Å². The number of hydrogen-bond donors (Lipinski definition) is 1. The van der Waals surface area contributed by atoms with Crippen LogP contribution in [0, 0.1) is 12.7 Å². The highest BCUT2D eigenvalue weighted by molar-refractivity contribution is 5.85. The average molecular weight is 303 g/mol. The van der Waals surface area contributed by atoms with Gasteiger partial charge in [0.05, 0.1) is 19.2 Å². The van der Waals surface area contributed by atoms with Crippen molar-refractivity contribution in [3.8, 4) is 0 Å². The van der Waals surface area contributed by atoms with Gasteiger partial charge in [-0.1, -0.05) is 12.1 Å². The lowest BCUT2D eigenvalue weighted by Crippen LogP contribution is -2.48. The molecule has 1 aromatic rings. The maximum absolute atomic E-state index is 13.3. The molecule has 112 valence electrons. The number of nitrogens with two attached hydrogens (primary N) is 1. The van der Waals surface area contributed by atoms with Gasteiger partial charge < -0.3 is 15.4 Å². The summed E-state index contributed by atoms with van der Waals surface area (Å²) in [5.74, 6) is -0.310. The first kappa shape index (κ1) is 16.9. The number of carbonyl (C=O) groups excluding carboxylic acids is 1. The van der Waals surface area contributed by atoms with Gasteiger partial charge in [-0.15, -0.1) is 12.4 Å². The number of ether oxygens (including phenoxy) is 1. The van der Waals surface area contributed by atoms with Crippen LogP contribution in [0.4, 0.5) is 4.39 Å². The lowest BCUT2D eigenvalue weighted by atomic mass is 10.0. The van der Waals surface area contributed by atoms with Crippen LogP contribution < -0.4 is 5.73 Å². The molecule has 1 saturated heterocycles. The van der Waals surface area contributed by atoms with Crippen LogP contribution in [0.3, 0.4) is 0 Å². The van der Waals surface area contributed by atoms with E-state index in [1.807, 2.05) is 0 Å². The Bertz CT molecular complexity index is 482. The minimum absolute atomic E-state index is 0. The van der Waals surface area contributed by atoms with E-state index in [1.165, 1.54) is 6.07 Å². The third-order valence-corrected chi connectivity index (χ3v) is 3.32. The monoisotopic (exact) mass is 302 g/mol. The molecule has 0 saturated carbocycles. The van der Waals surface area contributed by atoms with Crippen molar-refractivity contribution in [2.45, 2.75) is 26.0 Å². The Balaban J connectivity index is 0.00000200. The summed E-state index contributed by atoms with van der Waals surface area (Å²) < 4.78 is 18.9. The van der Waals surface area contributed by atoms with E-state index in [4.69, 9.17) is 10.5 Å². The van der Waals surface area contributed by atoms with Crippen molar-refractivity contribution >= 4 is 18.3 Å². The molecule has 0 aromatic heterocycles. The first-order chi connectivity index (χ1) is 8.99. The fraction of sp³-hybridized carbons (Fsp3) is 0.500. The summed E-state index contributed by atoms with van der Waals surface area (Å²) in [5.41, 5.74) is 7.08. The lowest BCUT2D eigenvalue weighted by molar-refractivity contribution is -0.140. The number of nitrogens with zero attached hydrogens (tertiary/aromatic N) is 1. The van der Waals surface area contributed by atoms with Gasteiger partial charge in [0.25, 0.3) is 0 Å². The second-order valence-corrected chi connectivity index (χ2v) is 4.94. The predicted molar refractivity (Wildman–Crippen MR) is 77.3 cm³/mol. The maximum Gasteiger partial charge on any atom is 0.239 e. The van der Waals surface area contributed by atoms with E-state index < -0.39 is 6.04 Å². The number of carbonyl (C=O) groups is 1. The molecule has 1 aliphatic rings. The molecule has 2 rings (SSSR count). The predicted octanol–water partition coefficient (Wildman–Crippen LogP) is 1.80. The van der Waals surface area contributed by atoms with Gasteiger partial charge in [0, 0.05) is 6.54 Å². The van der Waals surface area contributed by atoms with Crippen LogP contribution in [0.15, 0.2) is 18.2 Å². The van der Waals surface area contributed by atoms with Crippen LogP contribution in [-0.4, -0.2) is 36.5 Å². The topological polar surface area (TPSA) is 55.6 Å². The van der Waals surface area contributed by atoms with E-state index in [0.29, 0.717) is 25.3 Å². The smallest absolute Gasteiger partial charge is 0.239 e. The molecule has 0 spiro atoms. The average Bonchev–Trinajstić information content (AvgIpc) is 2.41. The molecule has 6 heteroatoms. The zero-order valence-corrected chi connectivity index (χ0v) is 12.5. The first-order valence-corrected chi connectivity index (χ1v) is 6.41. The van der Waals surface area contributed by atoms with E-state index in [0.717, 1.165) is 5.56 Å². The molecule has 2 atom stereocenters. The highest BCUT2D eigenvalue weighted by Crippen LogP contribution is 2.24. The number of aryl methyl sites for hydroxylation is 1. The third kappa shape index (κ3) is 3.69. The fourth-order valence-corrected chi connectivity index (χ4v) is 2.21. The normalized spacial score (nSPS) is 20.2. The molecule has 0 bridgehead atoms. The van der Waals surface area contributed by atoms with Gasteiger partial charge in [-0.25, -0.2) is 4.39 Å². The molecule has 4 nitrogen and oxygen atoms in total. The summed E-state index contributed by atoms with van der Waals surface area (Å²) in [6, 6.07) is 4.39. The Morgan fingerprint density at radius 1 is 1.55 bits per heavy atom. The molecule has 1 amide bonds. The highest BCUT2D eigenvalue weighted by atomic mass is 35.5. The summed E-state index contributed by atoms with van der Waals surface area (Å²) in [5, 5.41) is 0. The molecular weight excluding hydrogens is 283 g/mol. The highest BCUT2D eigenvalue weighted by Gasteiger charge is 2.27. The van der Waals surface area contributed by atoms with E-state index in [2.05, 4.69) is 0 Å². The van der Waals surface area contributed by atoms with Crippen LogP contribution in [-0.2, 0) is 9.53 Å². The minimum atomic E-state index is -0.506. The molecule has 2 N–H and O–H groups in total.